The van der Waals surface area contributed by atoms with Crippen LogP contribution in [0.15, 0.2) is 46.9 Å². The van der Waals surface area contributed by atoms with Crippen molar-refractivity contribution in [3.8, 4) is 5.75 Å². The fourth-order valence-corrected chi connectivity index (χ4v) is 1.98. The molecule has 1 amide bonds. The van der Waals surface area contributed by atoms with Gasteiger partial charge in [-0.25, -0.2) is 4.39 Å². The number of para-hydroxylation sites is 2. The number of nitrogens with zero attached hydrogens (tertiary/aromatic N) is 1. The number of nitrogens with one attached hydrogen (secondary N) is 1. The molecular weight excluding hydrogens is 359 g/mol. The van der Waals surface area contributed by atoms with Crippen molar-refractivity contribution in [1.82, 2.24) is 0 Å². The summed E-state index contributed by atoms with van der Waals surface area (Å²) in [6.45, 7) is -0.472. The van der Waals surface area contributed by atoms with Crippen LogP contribution in [0.5, 0.6) is 5.75 Å². The van der Waals surface area contributed by atoms with E-state index in [1.165, 1.54) is 30.3 Å². The SMILES string of the molecule is O=C(COc1ccccc1[N+](=O)[O-])Nc1ccc(Br)cc1F. The molecule has 2 rings (SSSR count). The molecule has 6 nitrogen and oxygen atoms in total. The Labute approximate surface area is 133 Å². The van der Waals surface area contributed by atoms with Crippen LogP contribution in [0, 0.1) is 15.9 Å². The molecule has 0 heterocycles. The van der Waals surface area contributed by atoms with Gasteiger partial charge < -0.3 is 10.1 Å². The zero-order valence-corrected chi connectivity index (χ0v) is 12.7. The lowest BCUT2D eigenvalue weighted by Gasteiger charge is -2.08. The van der Waals surface area contributed by atoms with Gasteiger partial charge in [-0.2, -0.15) is 0 Å². The third kappa shape index (κ3) is 4.01. The maximum atomic E-state index is 13.6. The van der Waals surface area contributed by atoms with E-state index in [0.29, 0.717) is 4.47 Å². The van der Waals surface area contributed by atoms with Crippen molar-refractivity contribution >= 4 is 33.2 Å². The summed E-state index contributed by atoms with van der Waals surface area (Å²) in [6, 6.07) is 9.85. The maximum absolute atomic E-state index is 13.6. The van der Waals surface area contributed by atoms with Gasteiger partial charge in [-0.05, 0) is 24.3 Å². The van der Waals surface area contributed by atoms with E-state index in [1.807, 2.05) is 0 Å². The lowest BCUT2D eigenvalue weighted by Crippen LogP contribution is -2.21. The Hall–Kier alpha value is -2.48. The fraction of sp³-hybridized carbons (Fsp3) is 0.0714. The third-order valence-electron chi connectivity index (χ3n) is 2.63. The van der Waals surface area contributed by atoms with Crippen molar-refractivity contribution < 1.29 is 18.8 Å². The summed E-state index contributed by atoms with van der Waals surface area (Å²) < 4.78 is 19.2. The number of carbonyl (C=O) groups excluding carboxylic acids is 1. The minimum Gasteiger partial charge on any atom is -0.477 e. The molecule has 0 unspecified atom stereocenters. The molecule has 2 aromatic carbocycles. The Morgan fingerprint density at radius 1 is 1.32 bits per heavy atom. The quantitative estimate of drug-likeness (QED) is 0.646. The molecule has 0 saturated heterocycles. The molecule has 0 bridgehead atoms. The highest BCUT2D eigenvalue weighted by Crippen LogP contribution is 2.25. The van der Waals surface area contributed by atoms with Crippen LogP contribution < -0.4 is 10.1 Å². The van der Waals surface area contributed by atoms with Gasteiger partial charge in [-0.15, -0.1) is 0 Å². The van der Waals surface area contributed by atoms with Crippen molar-refractivity contribution in [1.29, 1.82) is 0 Å². The second kappa shape index (κ2) is 6.99. The Bertz CT molecular complexity index is 724. The average Bonchev–Trinajstić information content (AvgIpc) is 2.48. The zero-order valence-electron chi connectivity index (χ0n) is 11.1. The molecule has 0 fully saturated rings. The number of nitro groups is 1. The number of halogens is 2. The van der Waals surface area contributed by atoms with Gasteiger partial charge in [0.25, 0.3) is 5.91 Å². The van der Waals surface area contributed by atoms with Gasteiger partial charge in [0.05, 0.1) is 10.6 Å². The molecular formula is C14H10BrFN2O4. The predicted molar refractivity (Wildman–Crippen MR) is 81.3 cm³/mol. The number of nitro benzene ring substituents is 1. The summed E-state index contributed by atoms with van der Waals surface area (Å²) in [5, 5.41) is 13.1. The third-order valence-corrected chi connectivity index (χ3v) is 3.12. The molecule has 0 aliphatic rings. The monoisotopic (exact) mass is 368 g/mol. The molecule has 2 aromatic rings. The summed E-state index contributed by atoms with van der Waals surface area (Å²) in [6.07, 6.45) is 0. The standard InChI is InChI=1S/C14H10BrFN2O4/c15-9-5-6-11(10(16)7-9)17-14(19)8-22-13-4-2-1-3-12(13)18(20)21/h1-7H,8H2,(H,17,19). The van der Waals surface area contributed by atoms with Gasteiger partial charge in [0.1, 0.15) is 5.82 Å². The molecule has 0 atom stereocenters. The van der Waals surface area contributed by atoms with Crippen LogP contribution in [-0.2, 0) is 4.79 Å². The molecule has 0 spiro atoms. The van der Waals surface area contributed by atoms with Gasteiger partial charge in [-0.3, -0.25) is 14.9 Å². The van der Waals surface area contributed by atoms with E-state index in [-0.39, 0.29) is 17.1 Å². The van der Waals surface area contributed by atoms with Crippen LogP contribution >= 0.6 is 15.9 Å². The summed E-state index contributed by atoms with van der Waals surface area (Å²) in [4.78, 5) is 21.9. The predicted octanol–water partition coefficient (Wildman–Crippen LogP) is 3.51. The van der Waals surface area contributed by atoms with Crippen molar-refractivity contribution in [2.75, 3.05) is 11.9 Å². The summed E-state index contributed by atoms with van der Waals surface area (Å²) in [5.74, 6) is -1.26. The van der Waals surface area contributed by atoms with Crippen molar-refractivity contribution in [2.45, 2.75) is 0 Å². The lowest BCUT2D eigenvalue weighted by molar-refractivity contribution is -0.385. The molecule has 1 N–H and O–H groups in total. The van der Waals surface area contributed by atoms with Crippen LogP contribution in [0.4, 0.5) is 15.8 Å². The number of amides is 1. The highest BCUT2D eigenvalue weighted by atomic mass is 79.9. The lowest BCUT2D eigenvalue weighted by atomic mass is 10.3. The molecule has 22 heavy (non-hydrogen) atoms. The molecule has 0 aliphatic heterocycles. The number of rotatable bonds is 5. The van der Waals surface area contributed by atoms with E-state index in [0.717, 1.165) is 0 Å². The first-order valence-corrected chi connectivity index (χ1v) is 6.88. The maximum Gasteiger partial charge on any atom is 0.310 e. The number of benzene rings is 2. The van der Waals surface area contributed by atoms with Crippen molar-refractivity contribution in [2.24, 2.45) is 0 Å². The number of carbonyl (C=O) groups is 1. The number of hydrogen-bond acceptors (Lipinski definition) is 4. The Morgan fingerprint density at radius 2 is 2.05 bits per heavy atom. The van der Waals surface area contributed by atoms with Crippen LogP contribution in [0.3, 0.4) is 0 Å². The van der Waals surface area contributed by atoms with E-state index in [1.54, 1.807) is 12.1 Å². The van der Waals surface area contributed by atoms with Crippen molar-refractivity contribution in [3.05, 3.63) is 62.9 Å². The highest BCUT2D eigenvalue weighted by molar-refractivity contribution is 9.10. The smallest absolute Gasteiger partial charge is 0.310 e. The number of hydrogen-bond donors (Lipinski definition) is 1. The minimum absolute atomic E-state index is 0.000591. The number of anilines is 1. The van der Waals surface area contributed by atoms with Gasteiger partial charge in [0.2, 0.25) is 0 Å². The number of ether oxygens (including phenoxy) is 1. The zero-order chi connectivity index (χ0) is 16.1. The Kier molecular flexibility index (Phi) is 5.05. The molecule has 114 valence electrons. The van der Waals surface area contributed by atoms with E-state index in [9.17, 15) is 19.3 Å². The Balaban J connectivity index is 2.00. The van der Waals surface area contributed by atoms with Crippen LogP contribution in [-0.4, -0.2) is 17.4 Å². The molecule has 0 radical (unpaired) electrons. The second-order valence-electron chi connectivity index (χ2n) is 4.19. The van der Waals surface area contributed by atoms with Gasteiger partial charge in [-0.1, -0.05) is 28.1 Å². The van der Waals surface area contributed by atoms with Crippen LogP contribution in [0.1, 0.15) is 0 Å². The van der Waals surface area contributed by atoms with Crippen molar-refractivity contribution in [3.63, 3.8) is 0 Å². The first kappa shape index (κ1) is 15.9. The minimum atomic E-state index is -0.626. The molecule has 8 heteroatoms. The topological polar surface area (TPSA) is 81.5 Å². The van der Waals surface area contributed by atoms with Gasteiger partial charge >= 0.3 is 5.69 Å². The summed E-state index contributed by atoms with van der Waals surface area (Å²) in [5.41, 5.74) is -0.246. The second-order valence-corrected chi connectivity index (χ2v) is 5.10. The van der Waals surface area contributed by atoms with E-state index < -0.39 is 23.3 Å². The largest absolute Gasteiger partial charge is 0.477 e. The average molecular weight is 369 g/mol. The fourth-order valence-electron chi connectivity index (χ4n) is 1.65. The first-order valence-electron chi connectivity index (χ1n) is 6.08. The van der Waals surface area contributed by atoms with Crippen LogP contribution in [0.2, 0.25) is 0 Å². The van der Waals surface area contributed by atoms with E-state index in [4.69, 9.17) is 4.74 Å². The van der Waals surface area contributed by atoms with Crippen LogP contribution in [0.25, 0.3) is 0 Å². The molecule has 0 aliphatic carbocycles. The molecule has 0 saturated carbocycles. The first-order chi connectivity index (χ1) is 10.5. The van der Waals surface area contributed by atoms with Gasteiger partial charge in [0, 0.05) is 10.5 Å². The molecule has 0 aromatic heterocycles. The van der Waals surface area contributed by atoms with E-state index in [2.05, 4.69) is 21.2 Å². The summed E-state index contributed by atoms with van der Waals surface area (Å²) >= 11 is 3.10. The van der Waals surface area contributed by atoms with Gasteiger partial charge in [0.15, 0.2) is 12.4 Å². The normalized spacial score (nSPS) is 10.1. The summed E-state index contributed by atoms with van der Waals surface area (Å²) in [7, 11) is 0. The van der Waals surface area contributed by atoms with E-state index >= 15 is 0 Å². The highest BCUT2D eigenvalue weighted by Gasteiger charge is 2.15. The Morgan fingerprint density at radius 3 is 2.73 bits per heavy atom.